The maximum atomic E-state index is 12.8. The van der Waals surface area contributed by atoms with Crippen LogP contribution in [0.5, 0.6) is 5.75 Å². The third-order valence-corrected chi connectivity index (χ3v) is 5.31. The van der Waals surface area contributed by atoms with Gasteiger partial charge in [0.05, 0.1) is 4.92 Å². The molecule has 31 heavy (non-hydrogen) atoms. The average Bonchev–Trinajstić information content (AvgIpc) is 3.27. The van der Waals surface area contributed by atoms with Crippen LogP contribution in [0, 0.1) is 10.1 Å². The summed E-state index contributed by atoms with van der Waals surface area (Å²) >= 11 is 5.94. The summed E-state index contributed by atoms with van der Waals surface area (Å²) in [5, 5.41) is 11.8. The first-order chi connectivity index (χ1) is 15.0. The second-order valence-corrected chi connectivity index (χ2v) is 7.47. The topological polar surface area (TPSA) is 89.1 Å². The fourth-order valence-corrected chi connectivity index (χ4v) is 3.55. The molecule has 160 valence electrons. The molecule has 3 aromatic rings. The molecule has 1 aliphatic heterocycles. The number of nitro groups is 1. The van der Waals surface area contributed by atoms with Gasteiger partial charge in [0.25, 0.3) is 5.91 Å². The van der Waals surface area contributed by atoms with Crippen LogP contribution in [0.2, 0.25) is 5.02 Å². The Kier molecular flexibility index (Phi) is 6.08. The summed E-state index contributed by atoms with van der Waals surface area (Å²) in [7, 11) is 0. The second kappa shape index (κ2) is 9.09. The third-order valence-electron chi connectivity index (χ3n) is 5.06. The van der Waals surface area contributed by atoms with Crippen LogP contribution in [0.4, 0.5) is 11.4 Å². The van der Waals surface area contributed by atoms with Gasteiger partial charge in [-0.1, -0.05) is 23.7 Å². The first kappa shape index (κ1) is 20.7. The number of hydrogen-bond acceptors (Lipinski definition) is 6. The first-order valence-corrected chi connectivity index (χ1v) is 10.1. The normalized spacial score (nSPS) is 13.8. The van der Waals surface area contributed by atoms with Crippen molar-refractivity contribution < 1.29 is 18.9 Å². The smallest absolute Gasteiger partial charge is 0.310 e. The zero-order valence-corrected chi connectivity index (χ0v) is 17.3. The molecular formula is C22H20ClN3O5. The number of rotatable bonds is 6. The number of benzene rings is 2. The van der Waals surface area contributed by atoms with E-state index in [2.05, 4.69) is 4.90 Å². The van der Waals surface area contributed by atoms with Crippen molar-refractivity contribution in [1.82, 2.24) is 4.90 Å². The minimum atomic E-state index is -0.504. The van der Waals surface area contributed by atoms with Gasteiger partial charge in [-0.3, -0.25) is 14.9 Å². The van der Waals surface area contributed by atoms with Crippen molar-refractivity contribution in [1.29, 1.82) is 0 Å². The Morgan fingerprint density at radius 2 is 1.74 bits per heavy atom. The zero-order chi connectivity index (χ0) is 21.8. The number of ether oxygens (including phenoxy) is 1. The van der Waals surface area contributed by atoms with Crippen molar-refractivity contribution in [2.75, 3.05) is 31.1 Å². The summed E-state index contributed by atoms with van der Waals surface area (Å²) in [6, 6.07) is 17.0. The van der Waals surface area contributed by atoms with Crippen LogP contribution >= 0.6 is 11.6 Å². The highest BCUT2D eigenvalue weighted by Crippen LogP contribution is 2.27. The number of amides is 1. The van der Waals surface area contributed by atoms with Crippen LogP contribution in [0.1, 0.15) is 16.3 Å². The monoisotopic (exact) mass is 441 g/mol. The summed E-state index contributed by atoms with van der Waals surface area (Å²) in [6.45, 7) is 2.56. The van der Waals surface area contributed by atoms with Crippen molar-refractivity contribution >= 4 is 28.9 Å². The molecule has 9 heteroatoms. The Morgan fingerprint density at radius 3 is 2.45 bits per heavy atom. The molecule has 0 bridgehead atoms. The summed E-state index contributed by atoms with van der Waals surface area (Å²) in [4.78, 5) is 27.3. The lowest BCUT2D eigenvalue weighted by atomic mass is 10.2. The van der Waals surface area contributed by atoms with E-state index in [9.17, 15) is 14.9 Å². The molecule has 1 aliphatic rings. The molecule has 2 heterocycles. The second-order valence-electron chi connectivity index (χ2n) is 7.04. The Balaban J connectivity index is 1.33. The molecule has 1 amide bonds. The van der Waals surface area contributed by atoms with Gasteiger partial charge in [0.1, 0.15) is 12.4 Å². The zero-order valence-electron chi connectivity index (χ0n) is 16.6. The molecule has 1 saturated heterocycles. The van der Waals surface area contributed by atoms with Gasteiger partial charge in [-0.2, -0.15) is 0 Å². The molecule has 0 spiro atoms. The number of furan rings is 1. The highest BCUT2D eigenvalue weighted by atomic mass is 35.5. The highest BCUT2D eigenvalue weighted by molar-refractivity contribution is 6.30. The number of carbonyl (C=O) groups excluding carboxylic acids is 1. The van der Waals surface area contributed by atoms with E-state index in [1.54, 1.807) is 29.2 Å². The van der Waals surface area contributed by atoms with Gasteiger partial charge in [-0.15, -0.1) is 0 Å². The first-order valence-electron chi connectivity index (χ1n) is 9.76. The maximum absolute atomic E-state index is 12.8. The van der Waals surface area contributed by atoms with E-state index in [0.29, 0.717) is 37.0 Å². The minimum absolute atomic E-state index is 0.0114. The number of nitrogens with zero attached hydrogens (tertiary/aromatic N) is 3. The van der Waals surface area contributed by atoms with E-state index < -0.39 is 4.92 Å². The van der Waals surface area contributed by atoms with E-state index in [-0.39, 0.29) is 29.7 Å². The highest BCUT2D eigenvalue weighted by Gasteiger charge is 2.24. The molecule has 4 rings (SSSR count). The quantitative estimate of drug-likeness (QED) is 0.416. The van der Waals surface area contributed by atoms with Gasteiger partial charge in [0.2, 0.25) is 0 Å². The average molecular weight is 442 g/mol. The van der Waals surface area contributed by atoms with Crippen LogP contribution in [0.15, 0.2) is 65.1 Å². The Bertz CT molecular complexity index is 1070. The largest absolute Gasteiger partial charge is 0.479 e. The number of nitro benzene ring substituents is 1. The lowest BCUT2D eigenvalue weighted by Crippen LogP contribution is -2.48. The summed E-state index contributed by atoms with van der Waals surface area (Å²) < 4.78 is 11.1. The summed E-state index contributed by atoms with van der Waals surface area (Å²) in [6.07, 6.45) is 0. The Labute approximate surface area is 183 Å². The summed E-state index contributed by atoms with van der Waals surface area (Å²) in [5.41, 5.74) is 0.952. The van der Waals surface area contributed by atoms with Crippen LogP contribution in [0.3, 0.4) is 0 Å². The van der Waals surface area contributed by atoms with Crippen LogP contribution in [0.25, 0.3) is 0 Å². The number of carbonyl (C=O) groups is 1. The number of anilines is 1. The maximum Gasteiger partial charge on any atom is 0.310 e. The third kappa shape index (κ3) is 4.80. The van der Waals surface area contributed by atoms with Crippen molar-refractivity contribution in [3.05, 3.63) is 87.3 Å². The van der Waals surface area contributed by atoms with E-state index in [4.69, 9.17) is 20.8 Å². The fourth-order valence-electron chi connectivity index (χ4n) is 3.42. The molecular weight excluding hydrogens is 422 g/mol. The molecule has 1 fully saturated rings. The number of piperazine rings is 1. The molecule has 0 unspecified atom stereocenters. The van der Waals surface area contributed by atoms with Gasteiger partial charge in [-0.05, 0) is 42.5 Å². The predicted molar refractivity (Wildman–Crippen MR) is 116 cm³/mol. The number of para-hydroxylation sites is 2. The molecule has 1 aromatic heterocycles. The van der Waals surface area contributed by atoms with Gasteiger partial charge in [-0.25, -0.2) is 0 Å². The molecule has 0 N–H and O–H groups in total. The molecule has 2 aromatic carbocycles. The standard InChI is InChI=1S/C22H20ClN3O5/c23-16-5-7-17(8-6-16)24-11-13-25(14-12-24)22(27)21-10-9-18(31-21)15-30-20-4-2-1-3-19(20)26(28)29/h1-10H,11-15H2. The van der Waals surface area contributed by atoms with Gasteiger partial charge >= 0.3 is 5.69 Å². The van der Waals surface area contributed by atoms with Gasteiger partial charge in [0, 0.05) is 43.0 Å². The molecule has 8 nitrogen and oxygen atoms in total. The molecule has 0 aliphatic carbocycles. The van der Waals surface area contributed by atoms with Crippen molar-refractivity contribution in [2.24, 2.45) is 0 Å². The lowest BCUT2D eigenvalue weighted by molar-refractivity contribution is -0.386. The lowest BCUT2D eigenvalue weighted by Gasteiger charge is -2.35. The van der Waals surface area contributed by atoms with E-state index in [0.717, 1.165) is 5.69 Å². The van der Waals surface area contributed by atoms with Crippen LogP contribution in [-0.2, 0) is 6.61 Å². The van der Waals surface area contributed by atoms with Crippen molar-refractivity contribution in [3.8, 4) is 5.75 Å². The summed E-state index contributed by atoms with van der Waals surface area (Å²) in [5.74, 6) is 0.602. The molecule has 0 saturated carbocycles. The van der Waals surface area contributed by atoms with Gasteiger partial charge in [0.15, 0.2) is 11.5 Å². The van der Waals surface area contributed by atoms with Crippen molar-refractivity contribution in [2.45, 2.75) is 6.61 Å². The van der Waals surface area contributed by atoms with E-state index in [1.807, 2.05) is 24.3 Å². The Morgan fingerprint density at radius 1 is 1.03 bits per heavy atom. The van der Waals surface area contributed by atoms with Crippen LogP contribution in [-0.4, -0.2) is 41.9 Å². The SMILES string of the molecule is O=C(c1ccc(COc2ccccc2[N+](=O)[O-])o1)N1CCN(c2ccc(Cl)cc2)CC1. The van der Waals surface area contributed by atoms with Crippen LogP contribution < -0.4 is 9.64 Å². The van der Waals surface area contributed by atoms with E-state index in [1.165, 1.54) is 12.1 Å². The number of hydrogen-bond donors (Lipinski definition) is 0. The Hall–Kier alpha value is -3.52. The van der Waals surface area contributed by atoms with Crippen molar-refractivity contribution in [3.63, 3.8) is 0 Å². The molecule has 0 radical (unpaired) electrons. The number of halogens is 1. The predicted octanol–water partition coefficient (Wildman–Crippen LogP) is 4.38. The van der Waals surface area contributed by atoms with Gasteiger partial charge < -0.3 is 19.0 Å². The molecule has 0 atom stereocenters. The fraction of sp³-hybridized carbons (Fsp3) is 0.227. The van der Waals surface area contributed by atoms with E-state index >= 15 is 0 Å². The minimum Gasteiger partial charge on any atom is -0.479 e.